The van der Waals surface area contributed by atoms with Gasteiger partial charge in [-0.25, -0.2) is 0 Å². The van der Waals surface area contributed by atoms with Gasteiger partial charge in [-0.1, -0.05) is 336 Å². The Morgan fingerprint density at radius 2 is 0.400 bits per heavy atom. The van der Waals surface area contributed by atoms with E-state index in [1.807, 2.05) is 4.93 Å². The highest BCUT2D eigenvalue weighted by molar-refractivity contribution is 14.1. The molecule has 0 heterocycles. The lowest BCUT2D eigenvalue weighted by molar-refractivity contribution is 0.601. The minimum absolute atomic E-state index is 0.0370. The minimum atomic E-state index is -0.202. The van der Waals surface area contributed by atoms with Crippen LogP contribution in [0.1, 0.15) is 217 Å². The van der Waals surface area contributed by atoms with Crippen molar-refractivity contribution in [2.75, 3.05) is 14.7 Å². The number of rotatable bonds is 6. The van der Waals surface area contributed by atoms with E-state index in [1.54, 1.807) is 33.4 Å². The van der Waals surface area contributed by atoms with E-state index in [4.69, 9.17) is 0 Å². The fourth-order valence-electron chi connectivity index (χ4n) is 25.1. The molecule has 0 aliphatic heterocycles. The third-order valence-electron chi connectivity index (χ3n) is 30.8. The molecule has 0 aromatic heterocycles. The van der Waals surface area contributed by atoms with Crippen LogP contribution in [0.5, 0.6) is 0 Å². The van der Waals surface area contributed by atoms with Crippen molar-refractivity contribution < 1.29 is 0 Å². The fourth-order valence-corrected chi connectivity index (χ4v) is 25.1. The summed E-state index contributed by atoms with van der Waals surface area (Å²) in [5.74, 6) is 0. The van der Waals surface area contributed by atoms with Crippen molar-refractivity contribution in [3.63, 3.8) is 0 Å². The summed E-state index contributed by atoms with van der Waals surface area (Å²) in [7, 11) is 0. The van der Waals surface area contributed by atoms with Gasteiger partial charge in [0.2, 0.25) is 0 Å². The van der Waals surface area contributed by atoms with Gasteiger partial charge in [0.15, 0.2) is 0 Å². The number of alkyl halides is 1. The summed E-state index contributed by atoms with van der Waals surface area (Å²) in [6.07, 6.45) is 2.20. The molecule has 16 aromatic rings. The Morgan fingerprint density at radius 3 is 0.638 bits per heavy atom. The Kier molecular flexibility index (Phi) is 22.3. The van der Waals surface area contributed by atoms with Gasteiger partial charge in [0.25, 0.3) is 0 Å². The molecule has 648 valence electrons. The van der Waals surface area contributed by atoms with E-state index < -0.39 is 0 Å². The summed E-state index contributed by atoms with van der Waals surface area (Å²) in [6, 6.07) is 112. The fraction of sp³-hybridized carbons (Fsp3) is 0.232. The number of nitrogens with zero attached hydrogens (tertiary/aromatic N) is 2. The maximum Gasteiger partial charge on any atom is 0.0467 e. The van der Waals surface area contributed by atoms with Crippen LogP contribution in [0.4, 0.5) is 34.1 Å². The maximum atomic E-state index is 2.75. The van der Waals surface area contributed by atoms with Crippen LogP contribution >= 0.6 is 50.8 Å². The predicted molar refractivity (Wildman–Crippen MR) is 573 cm³/mol. The van der Waals surface area contributed by atoms with Gasteiger partial charge in [-0.05, 0) is 368 Å². The summed E-state index contributed by atoms with van der Waals surface area (Å²) in [5.41, 5.74) is 64.7. The van der Waals surface area contributed by atoms with Crippen LogP contribution in [0.2, 0.25) is 0 Å². The Morgan fingerprint density at radius 1 is 0.200 bits per heavy atom. The quantitative estimate of drug-likeness (QED) is 0.121. The normalized spacial score (nSPS) is 15.1. The SMILES string of the molecule is BrBr.CI.Cc1cc(N(c2ccccc2)c2ccccc2)cc2c1-c1ccc3c(c1C2(C)C)C(C)(C)c1cc(N(c2ccccc2)c2ccccc2)cc(C)c1-3.Cc1cccc2c1-c1ccc3c(c1C2(C)C)C(C)(C)c1cccc(C)c1-3.Cc1cccc2c1-c1ccc3c(c1C2(C)C)C(C)(C)c1cccc(C)c1-3.Cc1cccc2c1-c1ccc3c(c1C2)Cc1cccc(C)c1-3. The lowest BCUT2D eigenvalue weighted by Crippen LogP contribution is -2.24. The van der Waals surface area contributed by atoms with E-state index in [0.29, 0.717) is 0 Å². The Labute approximate surface area is 802 Å². The summed E-state index contributed by atoms with van der Waals surface area (Å²) in [5, 5.41) is 0. The van der Waals surface area contributed by atoms with E-state index in [2.05, 4.69) is 502 Å². The van der Waals surface area contributed by atoms with Crippen LogP contribution < -0.4 is 9.80 Å². The highest BCUT2D eigenvalue weighted by Crippen LogP contribution is 2.65. The Hall–Kier alpha value is -11.2. The van der Waals surface area contributed by atoms with Crippen molar-refractivity contribution in [3.8, 4) is 89.0 Å². The summed E-state index contributed by atoms with van der Waals surface area (Å²) in [4.78, 5) is 6.76. The van der Waals surface area contributed by atoms with Crippen LogP contribution in [-0.2, 0) is 45.3 Å². The minimum Gasteiger partial charge on any atom is -0.310 e. The first kappa shape index (κ1) is 88.1. The van der Waals surface area contributed by atoms with Crippen LogP contribution in [0.25, 0.3) is 89.0 Å². The molecule has 0 fully saturated rings. The van der Waals surface area contributed by atoms with Crippen LogP contribution in [0.15, 0.2) is 303 Å². The van der Waals surface area contributed by atoms with Crippen molar-refractivity contribution in [2.24, 2.45) is 0 Å². The second kappa shape index (κ2) is 33.0. The molecule has 2 nitrogen and oxygen atoms in total. The number of hydrogen-bond donors (Lipinski definition) is 0. The lowest BCUT2D eigenvalue weighted by Gasteiger charge is -2.32. The molecule has 0 amide bonds. The van der Waals surface area contributed by atoms with E-state index in [1.165, 1.54) is 201 Å². The third-order valence-corrected chi connectivity index (χ3v) is 30.8. The molecule has 0 saturated carbocycles. The Balaban J connectivity index is 0.000000119. The predicted octanol–water partition coefficient (Wildman–Crippen LogP) is 35.9. The second-order valence-electron chi connectivity index (χ2n) is 40.5. The summed E-state index contributed by atoms with van der Waals surface area (Å²) in [6.45, 7) is 47.1. The van der Waals surface area contributed by atoms with Gasteiger partial charge < -0.3 is 9.80 Å². The number of anilines is 6. The first-order chi connectivity index (χ1) is 62.4. The van der Waals surface area contributed by atoms with Crippen LogP contribution in [0, 0.1) is 55.4 Å². The van der Waals surface area contributed by atoms with Gasteiger partial charge in [-0.3, -0.25) is 0 Å². The maximum absolute atomic E-state index is 2.75. The molecule has 0 spiro atoms. The van der Waals surface area contributed by atoms with Gasteiger partial charge in [-0.2, -0.15) is 0 Å². The molecule has 8 aliphatic carbocycles. The van der Waals surface area contributed by atoms with E-state index in [0.717, 1.165) is 35.6 Å². The zero-order valence-corrected chi connectivity index (χ0v) is 84.6. The number of hydrogen-bond acceptors (Lipinski definition) is 2. The molecular formula is C125H117Br2IN2. The van der Waals surface area contributed by atoms with Crippen molar-refractivity contribution in [1.82, 2.24) is 0 Å². The van der Waals surface area contributed by atoms with Crippen molar-refractivity contribution in [1.29, 1.82) is 0 Å². The topological polar surface area (TPSA) is 6.48 Å². The summed E-state index contributed by atoms with van der Waals surface area (Å²) >= 11 is 7.65. The number of benzene rings is 16. The zero-order chi connectivity index (χ0) is 91.5. The molecule has 0 radical (unpaired) electrons. The van der Waals surface area contributed by atoms with Crippen molar-refractivity contribution in [3.05, 3.63) is 437 Å². The number of aryl methyl sites for hydroxylation is 8. The van der Waals surface area contributed by atoms with Gasteiger partial charge in [0, 0.05) is 94.9 Å². The average molecular weight is 1930 g/mol. The van der Waals surface area contributed by atoms with Gasteiger partial charge in [-0.15, -0.1) is 0 Å². The average Bonchev–Trinajstić information content (AvgIpc) is 1.55. The smallest absolute Gasteiger partial charge is 0.0467 e. The van der Waals surface area contributed by atoms with Crippen molar-refractivity contribution >= 4 is 85.0 Å². The summed E-state index contributed by atoms with van der Waals surface area (Å²) < 4.78 is 0. The number of fused-ring (bicyclic) bond motifs is 28. The molecule has 16 aromatic carbocycles. The molecule has 130 heavy (non-hydrogen) atoms. The van der Waals surface area contributed by atoms with Crippen LogP contribution in [0.3, 0.4) is 0 Å². The Bertz CT molecular complexity index is 6590. The van der Waals surface area contributed by atoms with E-state index in [9.17, 15) is 0 Å². The molecular weight excluding hydrogens is 1820 g/mol. The molecule has 0 bridgehead atoms. The van der Waals surface area contributed by atoms with Crippen LogP contribution in [-0.4, -0.2) is 4.93 Å². The molecule has 0 atom stereocenters. The first-order valence-corrected chi connectivity index (χ1v) is 52.2. The molecule has 0 N–H and O–H groups in total. The second-order valence-corrected chi connectivity index (χ2v) is 40.5. The van der Waals surface area contributed by atoms with E-state index in [-0.39, 0.29) is 32.5 Å². The zero-order valence-electron chi connectivity index (χ0n) is 79.3. The highest BCUT2D eigenvalue weighted by atomic mass is 127. The van der Waals surface area contributed by atoms with Crippen molar-refractivity contribution in [2.45, 2.75) is 184 Å². The monoisotopic (exact) mass is 1930 g/mol. The molecule has 0 saturated heterocycles. The van der Waals surface area contributed by atoms with Gasteiger partial charge in [0.05, 0.1) is 0 Å². The molecule has 8 aliphatic rings. The molecule has 5 heteroatoms. The molecule has 24 rings (SSSR count). The van der Waals surface area contributed by atoms with E-state index >= 15 is 0 Å². The number of para-hydroxylation sites is 4. The lowest BCUT2D eigenvalue weighted by atomic mass is 9.72. The third kappa shape index (κ3) is 13.5. The largest absolute Gasteiger partial charge is 0.310 e. The molecule has 0 unspecified atom stereocenters. The first-order valence-electron chi connectivity index (χ1n) is 46.3. The van der Waals surface area contributed by atoms with Gasteiger partial charge in [0.1, 0.15) is 0 Å². The number of halogens is 3. The highest BCUT2D eigenvalue weighted by Gasteiger charge is 2.51. The van der Waals surface area contributed by atoms with Gasteiger partial charge >= 0.3 is 0 Å². The standard InChI is InChI=1S/C50H44N2.2C26H26.C22H18.CH3I.Br2/c1-33-29-39(51(35-19-11-7-12-20-35)36-21-13-8-14-22-36)31-43-45(33)41-27-28-42-46-34(2)30-40(32-44(46)50(5,6)48(42)47(41)49(43,3)4)52(37-23-15-9-16-24-37)38-25-17-10-18-26-38;2*1-15-9-7-11-19-21(15)17-13-14-18-22-16(2)10-8-12-20(22)26(5,6)24(18)23(17)25(19,3)4;1-13-5-3-7-15-11-19-17(21(13)15)9-10-18-20(19)12-16-8-4-6-14(2)22(16)18;2*1-2/h7-32H,1-6H3;2*7-14H,1-6H3;3-10H,11-12H2,1-2H3;1H3;.